The molecule has 0 aliphatic rings. The van der Waals surface area contributed by atoms with E-state index in [-0.39, 0.29) is 11.7 Å². The van der Waals surface area contributed by atoms with Gasteiger partial charge in [-0.3, -0.25) is 5.32 Å². The average Bonchev–Trinajstić information content (AvgIpc) is 3.48. The van der Waals surface area contributed by atoms with E-state index in [1.807, 2.05) is 0 Å². The van der Waals surface area contributed by atoms with Crippen LogP contribution in [0.3, 0.4) is 0 Å². The van der Waals surface area contributed by atoms with Crippen LogP contribution in [0.25, 0.3) is 22.2 Å². The number of nitrogens with zero attached hydrogens (tertiary/aromatic N) is 3. The highest BCUT2D eigenvalue weighted by Crippen LogP contribution is 2.42. The number of carbonyl (C=O) groups excluding carboxylic acids is 1. The van der Waals surface area contributed by atoms with Crippen LogP contribution < -0.4 is 30.6 Å². The second-order valence-electron chi connectivity index (χ2n) is 8.90. The molecular formula is C25H28N6O6S. The fourth-order valence-corrected chi connectivity index (χ4v) is 4.23. The molecule has 13 heteroatoms. The van der Waals surface area contributed by atoms with Crippen LogP contribution in [-0.2, 0) is 4.74 Å². The molecule has 0 unspecified atom stereocenters. The average molecular weight is 541 g/mol. The molecule has 2 heterocycles. The fourth-order valence-electron chi connectivity index (χ4n) is 3.41. The monoisotopic (exact) mass is 540 g/mol. The van der Waals surface area contributed by atoms with Crippen molar-refractivity contribution in [1.29, 1.82) is 0 Å². The SMILES string of the molecule is COc1cc(Nc2nc(N)c(-c3nc(-c4cccc(NC(=O)OC(C)(C)C)c4)no3)s2)cc(OC)c1OC. The lowest BCUT2D eigenvalue weighted by Crippen LogP contribution is -2.27. The highest BCUT2D eigenvalue weighted by Gasteiger charge is 2.20. The van der Waals surface area contributed by atoms with Crippen LogP contribution in [0.1, 0.15) is 20.8 Å². The molecule has 0 fully saturated rings. The summed E-state index contributed by atoms with van der Waals surface area (Å²) in [6, 6.07) is 10.5. The Morgan fingerprint density at radius 3 is 2.34 bits per heavy atom. The molecule has 0 saturated heterocycles. The zero-order valence-corrected chi connectivity index (χ0v) is 22.6. The number of methoxy groups -OCH3 is 3. The molecule has 0 bridgehead atoms. The molecule has 0 spiro atoms. The molecular weight excluding hydrogens is 512 g/mol. The maximum atomic E-state index is 12.1. The Morgan fingerprint density at radius 1 is 1.00 bits per heavy atom. The van der Waals surface area contributed by atoms with E-state index >= 15 is 0 Å². The number of thiazole rings is 1. The molecule has 200 valence electrons. The summed E-state index contributed by atoms with van der Waals surface area (Å²) in [5, 5.41) is 10.4. The number of rotatable bonds is 8. The number of anilines is 4. The zero-order chi connectivity index (χ0) is 27.4. The lowest BCUT2D eigenvalue weighted by Gasteiger charge is -2.19. The number of nitrogens with one attached hydrogen (secondary N) is 2. The number of hydrogen-bond acceptors (Lipinski definition) is 12. The maximum absolute atomic E-state index is 12.1. The Morgan fingerprint density at radius 2 is 1.71 bits per heavy atom. The quantitative estimate of drug-likeness (QED) is 0.257. The third kappa shape index (κ3) is 6.06. The topological polar surface area (TPSA) is 156 Å². The summed E-state index contributed by atoms with van der Waals surface area (Å²) in [6.07, 6.45) is -0.562. The van der Waals surface area contributed by atoms with Crippen molar-refractivity contribution in [3.05, 3.63) is 36.4 Å². The van der Waals surface area contributed by atoms with Crippen molar-refractivity contribution in [2.45, 2.75) is 26.4 Å². The van der Waals surface area contributed by atoms with Gasteiger partial charge in [0.1, 0.15) is 16.3 Å². The maximum Gasteiger partial charge on any atom is 0.412 e. The van der Waals surface area contributed by atoms with Crippen molar-refractivity contribution in [2.24, 2.45) is 0 Å². The first-order valence-electron chi connectivity index (χ1n) is 11.4. The van der Waals surface area contributed by atoms with Crippen molar-refractivity contribution in [3.8, 4) is 39.4 Å². The lowest BCUT2D eigenvalue weighted by atomic mass is 10.2. The van der Waals surface area contributed by atoms with Gasteiger partial charge in [-0.05, 0) is 32.9 Å². The van der Waals surface area contributed by atoms with Crippen LogP contribution in [0.15, 0.2) is 40.9 Å². The summed E-state index contributed by atoms with van der Waals surface area (Å²) < 4.78 is 26.9. The smallest absolute Gasteiger partial charge is 0.412 e. The van der Waals surface area contributed by atoms with Crippen LogP contribution in [0, 0.1) is 0 Å². The van der Waals surface area contributed by atoms with Gasteiger partial charge in [-0.15, -0.1) is 0 Å². The van der Waals surface area contributed by atoms with Gasteiger partial charge in [0.25, 0.3) is 5.89 Å². The molecule has 0 saturated carbocycles. The number of nitrogen functional groups attached to an aromatic ring is 1. The van der Waals surface area contributed by atoms with Crippen LogP contribution in [0.5, 0.6) is 17.2 Å². The highest BCUT2D eigenvalue weighted by atomic mass is 32.1. The Hall–Kier alpha value is -4.52. The number of carbonyl (C=O) groups is 1. The van der Waals surface area contributed by atoms with E-state index in [1.165, 1.54) is 32.7 Å². The summed E-state index contributed by atoms with van der Waals surface area (Å²) in [5.74, 6) is 2.20. The first-order valence-corrected chi connectivity index (χ1v) is 12.2. The van der Waals surface area contributed by atoms with E-state index in [0.717, 1.165) is 0 Å². The first kappa shape index (κ1) is 26.5. The molecule has 4 N–H and O–H groups in total. The van der Waals surface area contributed by atoms with Crippen LogP contribution >= 0.6 is 11.3 Å². The minimum absolute atomic E-state index is 0.207. The molecule has 0 aliphatic carbocycles. The third-order valence-corrected chi connectivity index (χ3v) is 5.93. The van der Waals surface area contributed by atoms with E-state index in [2.05, 4.69) is 25.8 Å². The molecule has 12 nitrogen and oxygen atoms in total. The second-order valence-corrected chi connectivity index (χ2v) is 9.90. The van der Waals surface area contributed by atoms with Crippen molar-refractivity contribution < 1.29 is 28.3 Å². The van der Waals surface area contributed by atoms with E-state index in [1.54, 1.807) is 57.2 Å². The Balaban J connectivity index is 1.54. The number of benzene rings is 2. The van der Waals surface area contributed by atoms with Crippen LogP contribution in [0.4, 0.5) is 27.1 Å². The second kappa shape index (κ2) is 10.8. The van der Waals surface area contributed by atoms with Gasteiger partial charge in [-0.25, -0.2) is 9.78 Å². The number of ether oxygens (including phenoxy) is 4. The van der Waals surface area contributed by atoms with Crippen molar-refractivity contribution in [2.75, 3.05) is 37.7 Å². The highest BCUT2D eigenvalue weighted by molar-refractivity contribution is 7.19. The lowest BCUT2D eigenvalue weighted by molar-refractivity contribution is 0.0636. The minimum atomic E-state index is -0.613. The number of nitrogens with two attached hydrogens (primary N) is 1. The van der Waals surface area contributed by atoms with Gasteiger partial charge >= 0.3 is 6.09 Å². The first-order chi connectivity index (χ1) is 18.1. The summed E-state index contributed by atoms with van der Waals surface area (Å²) >= 11 is 1.24. The van der Waals surface area contributed by atoms with Gasteiger partial charge < -0.3 is 34.5 Å². The van der Waals surface area contributed by atoms with Gasteiger partial charge in [0.05, 0.1) is 21.3 Å². The summed E-state index contributed by atoms with van der Waals surface area (Å²) in [6.45, 7) is 5.38. The summed E-state index contributed by atoms with van der Waals surface area (Å²) in [5.41, 5.74) is 7.36. The van der Waals surface area contributed by atoms with E-state index in [4.69, 9.17) is 29.2 Å². The predicted octanol–water partition coefficient (Wildman–Crippen LogP) is 5.56. The number of amides is 1. The third-order valence-electron chi connectivity index (χ3n) is 4.96. The standard InChI is InChI=1S/C25H28N6O6S/c1-25(2,3)36-24(32)28-14-9-7-8-13(10-14)21-30-22(37-31-21)19-20(26)29-23(38-19)27-15-11-16(33-4)18(35-6)17(12-15)34-5/h7-12H,26H2,1-6H3,(H,27,29)(H,28,32). The largest absolute Gasteiger partial charge is 0.493 e. The molecule has 0 radical (unpaired) electrons. The van der Waals surface area contributed by atoms with Crippen molar-refractivity contribution in [3.63, 3.8) is 0 Å². The van der Waals surface area contributed by atoms with Gasteiger partial charge in [0, 0.05) is 29.1 Å². The predicted molar refractivity (Wildman–Crippen MR) is 144 cm³/mol. The van der Waals surface area contributed by atoms with E-state index in [9.17, 15) is 4.79 Å². The van der Waals surface area contributed by atoms with Crippen molar-refractivity contribution >= 4 is 39.8 Å². The fraction of sp³-hybridized carbons (Fsp3) is 0.280. The minimum Gasteiger partial charge on any atom is -0.493 e. The van der Waals surface area contributed by atoms with Gasteiger partial charge in [0.2, 0.25) is 11.6 Å². The Labute approximate surface area is 223 Å². The van der Waals surface area contributed by atoms with Gasteiger partial charge in [-0.1, -0.05) is 28.6 Å². The Kier molecular flexibility index (Phi) is 7.57. The molecule has 0 aliphatic heterocycles. The van der Waals surface area contributed by atoms with Gasteiger partial charge in [0.15, 0.2) is 16.6 Å². The molecule has 2 aromatic carbocycles. The van der Waals surface area contributed by atoms with Gasteiger partial charge in [-0.2, -0.15) is 4.98 Å². The normalized spacial score (nSPS) is 11.1. The number of aromatic nitrogens is 3. The number of hydrogen-bond donors (Lipinski definition) is 3. The zero-order valence-electron chi connectivity index (χ0n) is 21.7. The molecule has 1 amide bonds. The molecule has 0 atom stereocenters. The molecule has 4 aromatic rings. The summed E-state index contributed by atoms with van der Waals surface area (Å²) in [4.78, 5) is 21.5. The van der Waals surface area contributed by atoms with E-state index < -0.39 is 11.7 Å². The molecule has 38 heavy (non-hydrogen) atoms. The van der Waals surface area contributed by atoms with Crippen molar-refractivity contribution in [1.82, 2.24) is 15.1 Å². The summed E-state index contributed by atoms with van der Waals surface area (Å²) in [7, 11) is 4.61. The molecule has 4 rings (SSSR count). The molecule has 2 aromatic heterocycles. The van der Waals surface area contributed by atoms with Crippen LogP contribution in [-0.4, -0.2) is 48.1 Å². The Bertz CT molecular complexity index is 1420. The van der Waals surface area contributed by atoms with Crippen LogP contribution in [0.2, 0.25) is 0 Å². The van der Waals surface area contributed by atoms with E-state index in [0.29, 0.717) is 50.0 Å².